The van der Waals surface area contributed by atoms with E-state index in [1.54, 1.807) is 6.07 Å². The fourth-order valence-corrected chi connectivity index (χ4v) is 2.92. The Labute approximate surface area is 112 Å². The molecule has 0 saturated carbocycles. The average molecular weight is 298 g/mol. The van der Waals surface area contributed by atoms with Crippen LogP contribution < -0.4 is 0 Å². The van der Waals surface area contributed by atoms with Crippen LogP contribution in [0.2, 0.25) is 0 Å². The molecule has 2 rings (SSSR count). The van der Waals surface area contributed by atoms with Crippen molar-refractivity contribution < 1.29 is 5.11 Å². The van der Waals surface area contributed by atoms with Crippen molar-refractivity contribution in [2.24, 2.45) is 0 Å². The summed E-state index contributed by atoms with van der Waals surface area (Å²) in [4.78, 5) is 2.48. The maximum absolute atomic E-state index is 9.96. The zero-order chi connectivity index (χ0) is 12.3. The van der Waals surface area contributed by atoms with Crippen molar-refractivity contribution in [2.75, 3.05) is 13.1 Å². The van der Waals surface area contributed by atoms with Gasteiger partial charge in [0.05, 0.1) is 0 Å². The van der Waals surface area contributed by atoms with Crippen LogP contribution in [0.1, 0.15) is 44.2 Å². The van der Waals surface area contributed by atoms with Crippen molar-refractivity contribution >= 4 is 15.9 Å². The third-order valence-corrected chi connectivity index (χ3v) is 4.12. The molecule has 2 nitrogen and oxygen atoms in total. The highest BCUT2D eigenvalue weighted by Gasteiger charge is 2.19. The van der Waals surface area contributed by atoms with Crippen molar-refractivity contribution in [3.8, 4) is 5.75 Å². The average Bonchev–Trinajstić information content (AvgIpc) is 2.60. The van der Waals surface area contributed by atoms with Crippen LogP contribution in [0.3, 0.4) is 0 Å². The predicted octanol–water partition coefficient (Wildman–Crippen LogP) is 4.09. The van der Waals surface area contributed by atoms with Gasteiger partial charge in [-0.25, -0.2) is 0 Å². The largest absolute Gasteiger partial charge is 0.508 e. The van der Waals surface area contributed by atoms with Gasteiger partial charge in [0.1, 0.15) is 5.75 Å². The molecule has 0 radical (unpaired) electrons. The minimum Gasteiger partial charge on any atom is -0.508 e. The molecule has 1 N–H and O–H groups in total. The molecular formula is C14H20BrNO. The summed E-state index contributed by atoms with van der Waals surface area (Å²) in [7, 11) is 0. The molecule has 17 heavy (non-hydrogen) atoms. The normalized spacial score (nSPS) is 19.9. The zero-order valence-corrected chi connectivity index (χ0v) is 11.9. The van der Waals surface area contributed by atoms with E-state index >= 15 is 0 Å². The third kappa shape index (κ3) is 3.23. The van der Waals surface area contributed by atoms with E-state index in [4.69, 9.17) is 0 Å². The van der Waals surface area contributed by atoms with Gasteiger partial charge in [0.15, 0.2) is 0 Å². The summed E-state index contributed by atoms with van der Waals surface area (Å²) in [5.41, 5.74) is 1.03. The molecule has 1 unspecified atom stereocenters. The van der Waals surface area contributed by atoms with E-state index < -0.39 is 0 Å². The van der Waals surface area contributed by atoms with E-state index in [0.29, 0.717) is 11.8 Å². The molecule has 0 amide bonds. The maximum Gasteiger partial charge on any atom is 0.120 e. The first-order valence-electron chi connectivity index (χ1n) is 6.41. The van der Waals surface area contributed by atoms with Gasteiger partial charge < -0.3 is 5.11 Å². The van der Waals surface area contributed by atoms with E-state index in [1.807, 2.05) is 12.1 Å². The molecular weight excluding hydrogens is 278 g/mol. The molecule has 0 bridgehead atoms. The van der Waals surface area contributed by atoms with E-state index in [9.17, 15) is 5.11 Å². The number of aromatic hydroxyl groups is 1. The lowest BCUT2D eigenvalue weighted by Gasteiger charge is -2.28. The van der Waals surface area contributed by atoms with E-state index in [2.05, 4.69) is 27.8 Å². The van der Waals surface area contributed by atoms with Crippen LogP contribution in [0, 0.1) is 0 Å². The van der Waals surface area contributed by atoms with E-state index in [-0.39, 0.29) is 0 Å². The van der Waals surface area contributed by atoms with Gasteiger partial charge >= 0.3 is 0 Å². The number of rotatable bonds is 2. The summed E-state index contributed by atoms with van der Waals surface area (Å²) in [6.07, 6.45) is 5.24. The molecule has 1 fully saturated rings. The Morgan fingerprint density at radius 1 is 1.18 bits per heavy atom. The zero-order valence-electron chi connectivity index (χ0n) is 10.3. The highest BCUT2D eigenvalue weighted by atomic mass is 79.9. The van der Waals surface area contributed by atoms with Crippen LogP contribution in [0.15, 0.2) is 22.7 Å². The molecule has 0 aliphatic carbocycles. The van der Waals surface area contributed by atoms with Crippen LogP contribution in [0.4, 0.5) is 0 Å². The second kappa shape index (κ2) is 5.87. The van der Waals surface area contributed by atoms with Crippen LogP contribution in [0.25, 0.3) is 0 Å². The van der Waals surface area contributed by atoms with Gasteiger partial charge in [-0.15, -0.1) is 0 Å². The van der Waals surface area contributed by atoms with Crippen molar-refractivity contribution in [1.82, 2.24) is 4.90 Å². The quantitative estimate of drug-likeness (QED) is 0.889. The van der Waals surface area contributed by atoms with Crippen molar-refractivity contribution in [3.05, 3.63) is 28.2 Å². The molecule has 1 aromatic rings. The fraction of sp³-hybridized carbons (Fsp3) is 0.571. The first kappa shape index (κ1) is 12.9. The summed E-state index contributed by atoms with van der Waals surface area (Å²) in [5.74, 6) is 0.407. The van der Waals surface area contributed by atoms with E-state index in [0.717, 1.165) is 23.1 Å². The number of benzene rings is 1. The van der Waals surface area contributed by atoms with Crippen LogP contribution >= 0.6 is 15.9 Å². The van der Waals surface area contributed by atoms with Gasteiger partial charge in [-0.1, -0.05) is 28.8 Å². The van der Waals surface area contributed by atoms with Crippen molar-refractivity contribution in [1.29, 1.82) is 0 Å². The van der Waals surface area contributed by atoms with Crippen LogP contribution in [-0.2, 0) is 0 Å². The molecule has 1 aliphatic rings. The number of phenols is 1. The van der Waals surface area contributed by atoms with Crippen LogP contribution in [-0.4, -0.2) is 23.1 Å². The lowest BCUT2D eigenvalue weighted by Crippen LogP contribution is -2.28. The summed E-state index contributed by atoms with van der Waals surface area (Å²) in [6.45, 7) is 4.48. The number of nitrogens with zero attached hydrogens (tertiary/aromatic N) is 1. The summed E-state index contributed by atoms with van der Waals surface area (Å²) in [6, 6.07) is 5.98. The smallest absolute Gasteiger partial charge is 0.120 e. The van der Waals surface area contributed by atoms with Gasteiger partial charge in [-0.3, -0.25) is 4.90 Å². The Morgan fingerprint density at radius 3 is 2.47 bits per heavy atom. The van der Waals surface area contributed by atoms with Gasteiger partial charge in [0.25, 0.3) is 0 Å². The second-order valence-corrected chi connectivity index (χ2v) is 5.74. The standard InChI is InChI=1S/C14H20BrNO/c1-11(16-8-4-2-3-5-9-16)13-10-12(15)6-7-14(13)17/h6-7,10-11,17H,2-5,8-9H2,1H3. The highest BCUT2D eigenvalue weighted by Crippen LogP contribution is 2.32. The minimum absolute atomic E-state index is 0.297. The lowest BCUT2D eigenvalue weighted by molar-refractivity contribution is 0.215. The molecule has 3 heteroatoms. The Bertz CT molecular complexity index is 372. The molecule has 1 saturated heterocycles. The Morgan fingerprint density at radius 2 is 1.82 bits per heavy atom. The van der Waals surface area contributed by atoms with Gasteiger partial charge in [0.2, 0.25) is 0 Å². The van der Waals surface area contributed by atoms with E-state index in [1.165, 1.54) is 25.7 Å². The Balaban J connectivity index is 2.16. The highest BCUT2D eigenvalue weighted by molar-refractivity contribution is 9.10. The minimum atomic E-state index is 0.297. The number of phenolic OH excluding ortho intramolecular Hbond substituents is 1. The molecule has 0 spiro atoms. The second-order valence-electron chi connectivity index (χ2n) is 4.83. The van der Waals surface area contributed by atoms with Gasteiger partial charge in [-0.05, 0) is 51.1 Å². The van der Waals surface area contributed by atoms with Crippen molar-refractivity contribution in [3.63, 3.8) is 0 Å². The topological polar surface area (TPSA) is 23.5 Å². The number of likely N-dealkylation sites (tertiary alicyclic amines) is 1. The predicted molar refractivity (Wildman–Crippen MR) is 74.3 cm³/mol. The number of hydrogen-bond acceptors (Lipinski definition) is 2. The molecule has 1 atom stereocenters. The molecule has 1 heterocycles. The molecule has 1 aliphatic heterocycles. The maximum atomic E-state index is 9.96. The Hall–Kier alpha value is -0.540. The third-order valence-electron chi connectivity index (χ3n) is 3.63. The Kier molecular flexibility index (Phi) is 4.46. The fourth-order valence-electron chi connectivity index (χ4n) is 2.54. The molecule has 94 valence electrons. The first-order chi connectivity index (χ1) is 8.18. The summed E-state index contributed by atoms with van der Waals surface area (Å²) in [5, 5.41) is 9.96. The summed E-state index contributed by atoms with van der Waals surface area (Å²) < 4.78 is 1.03. The van der Waals surface area contributed by atoms with Crippen molar-refractivity contribution in [2.45, 2.75) is 38.6 Å². The SMILES string of the molecule is CC(c1cc(Br)ccc1O)N1CCCCCC1. The summed E-state index contributed by atoms with van der Waals surface area (Å²) >= 11 is 3.47. The number of hydrogen-bond donors (Lipinski definition) is 1. The molecule has 1 aromatic carbocycles. The molecule has 0 aromatic heterocycles. The van der Waals surface area contributed by atoms with Crippen LogP contribution in [0.5, 0.6) is 5.75 Å². The lowest BCUT2D eigenvalue weighted by atomic mass is 10.1. The first-order valence-corrected chi connectivity index (χ1v) is 7.20. The number of halogens is 1. The van der Waals surface area contributed by atoms with Gasteiger partial charge in [0, 0.05) is 16.1 Å². The monoisotopic (exact) mass is 297 g/mol. The van der Waals surface area contributed by atoms with Gasteiger partial charge in [-0.2, -0.15) is 0 Å².